The van der Waals surface area contributed by atoms with Crippen LogP contribution in [-0.2, 0) is 17.8 Å². The van der Waals surface area contributed by atoms with Crippen LogP contribution in [0, 0.1) is 0 Å². The summed E-state index contributed by atoms with van der Waals surface area (Å²) in [5, 5.41) is 3.99. The summed E-state index contributed by atoms with van der Waals surface area (Å²) in [5.41, 5.74) is 2.10. The number of amides is 1. The maximum absolute atomic E-state index is 12.8. The van der Waals surface area contributed by atoms with Crippen molar-refractivity contribution in [3.63, 3.8) is 0 Å². The summed E-state index contributed by atoms with van der Waals surface area (Å²) in [6.07, 6.45) is 0.973. The second-order valence-electron chi connectivity index (χ2n) is 6.58. The van der Waals surface area contributed by atoms with Gasteiger partial charge in [0.2, 0.25) is 11.7 Å². The lowest BCUT2D eigenvalue weighted by molar-refractivity contribution is -0.138. The molecule has 1 amide bonds. The fourth-order valence-electron chi connectivity index (χ4n) is 2.83. The Hall–Kier alpha value is -3.15. The number of hydrogen-bond donors (Lipinski definition) is 0. The van der Waals surface area contributed by atoms with E-state index in [-0.39, 0.29) is 12.5 Å². The van der Waals surface area contributed by atoms with Crippen molar-refractivity contribution >= 4 is 5.91 Å². The molecule has 0 saturated heterocycles. The van der Waals surface area contributed by atoms with Crippen LogP contribution >= 0.6 is 0 Å². The molecule has 0 aliphatic carbocycles. The largest absolute Gasteiger partial charge is 0.481 e. The number of aryl methyl sites for hydroxylation is 1. The maximum atomic E-state index is 12.8. The summed E-state index contributed by atoms with van der Waals surface area (Å²) in [4.78, 5) is 18.7. The summed E-state index contributed by atoms with van der Waals surface area (Å²) >= 11 is 0. The maximum Gasteiger partial charge on any atom is 0.263 e. The van der Waals surface area contributed by atoms with Gasteiger partial charge in [0.25, 0.3) is 5.91 Å². The second-order valence-corrected chi connectivity index (χ2v) is 6.58. The minimum Gasteiger partial charge on any atom is -0.481 e. The number of carbonyl (C=O) groups excluding carboxylic acids is 1. The number of likely N-dealkylation sites (N-methyl/N-ethyl adjacent to an activating group) is 1. The van der Waals surface area contributed by atoms with Crippen LogP contribution in [0.4, 0.5) is 0 Å². The Morgan fingerprint density at radius 1 is 1.11 bits per heavy atom. The number of ether oxygens (including phenoxy) is 1. The highest BCUT2D eigenvalue weighted by Gasteiger charge is 2.24. The van der Waals surface area contributed by atoms with Crippen LogP contribution in [0.25, 0.3) is 11.4 Å². The number of nitrogens with zero attached hydrogens (tertiary/aromatic N) is 3. The van der Waals surface area contributed by atoms with Gasteiger partial charge in [0.15, 0.2) is 6.10 Å². The first-order valence-corrected chi connectivity index (χ1v) is 9.49. The van der Waals surface area contributed by atoms with Crippen LogP contribution < -0.4 is 4.74 Å². The van der Waals surface area contributed by atoms with Crippen molar-refractivity contribution in [3.8, 4) is 17.1 Å². The smallest absolute Gasteiger partial charge is 0.263 e. The summed E-state index contributed by atoms with van der Waals surface area (Å²) in [5.74, 6) is 1.46. The van der Waals surface area contributed by atoms with Gasteiger partial charge in [-0.15, -0.1) is 0 Å². The van der Waals surface area contributed by atoms with Gasteiger partial charge in [0.1, 0.15) is 5.75 Å². The van der Waals surface area contributed by atoms with Gasteiger partial charge in [0, 0.05) is 12.6 Å². The summed E-state index contributed by atoms with van der Waals surface area (Å²) in [7, 11) is 1.71. The average molecular weight is 379 g/mol. The Morgan fingerprint density at radius 2 is 1.82 bits per heavy atom. The molecule has 1 heterocycles. The van der Waals surface area contributed by atoms with Crippen molar-refractivity contribution < 1.29 is 14.1 Å². The normalized spacial score (nSPS) is 11.8. The molecule has 1 atom stereocenters. The molecule has 0 N–H and O–H groups in total. The third-order valence-electron chi connectivity index (χ3n) is 4.50. The molecule has 6 nitrogen and oxygen atoms in total. The first kappa shape index (κ1) is 19.6. The number of aromatic nitrogens is 2. The van der Waals surface area contributed by atoms with Crippen molar-refractivity contribution in [3.05, 3.63) is 66.1 Å². The van der Waals surface area contributed by atoms with E-state index in [9.17, 15) is 4.79 Å². The summed E-state index contributed by atoms with van der Waals surface area (Å²) in [6, 6.07) is 17.4. The minimum atomic E-state index is -0.561. The number of rotatable bonds is 8. The van der Waals surface area contributed by atoms with E-state index in [0.717, 1.165) is 12.0 Å². The van der Waals surface area contributed by atoms with E-state index in [1.54, 1.807) is 11.9 Å². The zero-order valence-electron chi connectivity index (χ0n) is 16.5. The van der Waals surface area contributed by atoms with E-state index >= 15 is 0 Å². The number of benzene rings is 2. The fraction of sp³-hybridized carbons (Fsp3) is 0.318. The standard InChI is InChI=1S/C22H25N3O3/c1-4-16-11-13-18(14-12-16)27-19(5-2)22(26)25(3)15-20-23-21(24-28-20)17-9-7-6-8-10-17/h6-14,19H,4-5,15H2,1-3H3. The molecular formula is C22H25N3O3. The fourth-order valence-corrected chi connectivity index (χ4v) is 2.83. The Bertz CT molecular complexity index is 891. The Kier molecular flexibility index (Phi) is 6.42. The van der Waals surface area contributed by atoms with Gasteiger partial charge < -0.3 is 14.2 Å². The van der Waals surface area contributed by atoms with E-state index in [1.165, 1.54) is 5.56 Å². The van der Waals surface area contributed by atoms with E-state index in [1.807, 2.05) is 61.5 Å². The minimum absolute atomic E-state index is 0.124. The van der Waals surface area contributed by atoms with Gasteiger partial charge in [0.05, 0.1) is 6.54 Å². The number of hydrogen-bond acceptors (Lipinski definition) is 5. The highest BCUT2D eigenvalue weighted by molar-refractivity contribution is 5.80. The van der Waals surface area contributed by atoms with Crippen molar-refractivity contribution in [1.29, 1.82) is 0 Å². The average Bonchev–Trinajstić information content (AvgIpc) is 3.21. The molecule has 2 aromatic carbocycles. The highest BCUT2D eigenvalue weighted by atomic mass is 16.5. The first-order chi connectivity index (χ1) is 13.6. The predicted molar refractivity (Wildman–Crippen MR) is 107 cm³/mol. The molecule has 146 valence electrons. The molecule has 3 rings (SSSR count). The summed E-state index contributed by atoms with van der Waals surface area (Å²) < 4.78 is 11.2. The van der Waals surface area contributed by atoms with E-state index < -0.39 is 6.10 Å². The SMILES string of the molecule is CCc1ccc(OC(CC)C(=O)N(C)Cc2nc(-c3ccccc3)no2)cc1. The molecule has 0 aliphatic heterocycles. The molecule has 1 aromatic heterocycles. The van der Waals surface area contributed by atoms with Gasteiger partial charge in [-0.25, -0.2) is 0 Å². The summed E-state index contributed by atoms with van der Waals surface area (Å²) in [6.45, 7) is 4.26. The predicted octanol–water partition coefficient (Wildman–Crippen LogP) is 4.12. The van der Waals surface area contributed by atoms with Gasteiger partial charge >= 0.3 is 0 Å². The van der Waals surface area contributed by atoms with Crippen LogP contribution in [0.3, 0.4) is 0 Å². The van der Waals surface area contributed by atoms with Crippen molar-refractivity contribution in [2.24, 2.45) is 0 Å². The Balaban J connectivity index is 1.63. The van der Waals surface area contributed by atoms with E-state index in [4.69, 9.17) is 9.26 Å². The monoisotopic (exact) mass is 379 g/mol. The second kappa shape index (κ2) is 9.17. The third-order valence-corrected chi connectivity index (χ3v) is 4.50. The molecule has 28 heavy (non-hydrogen) atoms. The molecule has 3 aromatic rings. The van der Waals surface area contributed by atoms with Crippen molar-refractivity contribution in [2.75, 3.05) is 7.05 Å². The molecule has 0 radical (unpaired) electrons. The zero-order valence-corrected chi connectivity index (χ0v) is 16.5. The lowest BCUT2D eigenvalue weighted by atomic mass is 10.1. The molecule has 0 saturated carbocycles. The van der Waals surface area contributed by atoms with Crippen LogP contribution in [0.2, 0.25) is 0 Å². The lowest BCUT2D eigenvalue weighted by Gasteiger charge is -2.22. The lowest BCUT2D eigenvalue weighted by Crippen LogP contribution is -2.39. The Morgan fingerprint density at radius 3 is 2.46 bits per heavy atom. The molecule has 0 aliphatic rings. The topological polar surface area (TPSA) is 68.5 Å². The molecular weight excluding hydrogens is 354 g/mol. The third kappa shape index (κ3) is 4.76. The molecule has 0 bridgehead atoms. The van der Waals surface area contributed by atoms with E-state index in [2.05, 4.69) is 17.1 Å². The van der Waals surface area contributed by atoms with Crippen molar-refractivity contribution in [2.45, 2.75) is 39.3 Å². The first-order valence-electron chi connectivity index (χ1n) is 9.49. The van der Waals surface area contributed by atoms with Gasteiger partial charge in [-0.05, 0) is 30.5 Å². The number of carbonyl (C=O) groups is 1. The molecule has 0 spiro atoms. The van der Waals surface area contributed by atoms with Crippen LogP contribution in [-0.4, -0.2) is 34.1 Å². The molecule has 1 unspecified atom stereocenters. The van der Waals surface area contributed by atoms with Crippen LogP contribution in [0.15, 0.2) is 59.1 Å². The molecule has 6 heteroatoms. The Labute approximate surface area is 165 Å². The molecule has 0 fully saturated rings. The van der Waals surface area contributed by atoms with Gasteiger partial charge in [-0.3, -0.25) is 4.79 Å². The van der Waals surface area contributed by atoms with Crippen molar-refractivity contribution in [1.82, 2.24) is 15.0 Å². The van der Waals surface area contributed by atoms with E-state index in [0.29, 0.717) is 23.9 Å². The van der Waals surface area contributed by atoms with Gasteiger partial charge in [-0.2, -0.15) is 4.98 Å². The zero-order chi connectivity index (χ0) is 19.9. The van der Waals surface area contributed by atoms with Crippen LogP contribution in [0.1, 0.15) is 31.7 Å². The van der Waals surface area contributed by atoms with Crippen LogP contribution in [0.5, 0.6) is 5.75 Å². The van der Waals surface area contributed by atoms with Gasteiger partial charge in [-0.1, -0.05) is 61.5 Å². The quantitative estimate of drug-likeness (QED) is 0.589. The highest BCUT2D eigenvalue weighted by Crippen LogP contribution is 2.18.